The van der Waals surface area contributed by atoms with Gasteiger partial charge in [0.05, 0.1) is 7.11 Å². The Bertz CT molecular complexity index is 438. The number of hydrogen-bond donors (Lipinski definition) is 1. The van der Waals surface area contributed by atoms with Gasteiger partial charge in [-0.25, -0.2) is 0 Å². The highest BCUT2D eigenvalue weighted by Crippen LogP contribution is 2.46. The average molecular weight is 247 g/mol. The Kier molecular flexibility index (Phi) is 3.04. The van der Waals surface area contributed by atoms with E-state index in [1.54, 1.807) is 7.11 Å². The Morgan fingerprint density at radius 1 is 1.33 bits per heavy atom. The van der Waals surface area contributed by atoms with Gasteiger partial charge in [-0.1, -0.05) is 12.1 Å². The third-order valence-corrected chi connectivity index (χ3v) is 4.69. The number of ether oxygens (including phenoxy) is 2. The van der Waals surface area contributed by atoms with Crippen LogP contribution in [-0.2, 0) is 16.6 Å². The second-order valence-corrected chi connectivity index (χ2v) is 5.40. The number of rotatable bonds is 1. The summed E-state index contributed by atoms with van der Waals surface area (Å²) in [6.45, 7) is 1.65. The smallest absolute Gasteiger partial charge is 0.122 e. The third-order valence-electron chi connectivity index (χ3n) is 4.69. The summed E-state index contributed by atoms with van der Waals surface area (Å²) in [6.07, 6.45) is 4.15. The van der Waals surface area contributed by atoms with Crippen LogP contribution in [0.5, 0.6) is 5.75 Å². The molecule has 18 heavy (non-hydrogen) atoms. The Morgan fingerprint density at radius 2 is 2.11 bits per heavy atom. The number of benzene rings is 1. The maximum atomic E-state index is 6.45. The Morgan fingerprint density at radius 3 is 2.83 bits per heavy atom. The van der Waals surface area contributed by atoms with Crippen molar-refractivity contribution in [3.05, 3.63) is 29.3 Å². The van der Waals surface area contributed by atoms with Crippen LogP contribution in [0, 0.1) is 0 Å². The SMILES string of the molecule is COc1cccc2c1CCC(N)C21CCOCC1. The molecule has 2 aliphatic rings. The minimum Gasteiger partial charge on any atom is -0.496 e. The molecule has 1 saturated heterocycles. The standard InChI is InChI=1S/C15H21NO2/c1-17-13-4-2-3-12-11(13)5-6-14(16)15(12)7-9-18-10-8-15/h2-4,14H,5-10,16H2,1H3. The zero-order valence-corrected chi connectivity index (χ0v) is 10.9. The topological polar surface area (TPSA) is 44.5 Å². The van der Waals surface area contributed by atoms with Crippen LogP contribution in [0.4, 0.5) is 0 Å². The summed E-state index contributed by atoms with van der Waals surface area (Å²) in [7, 11) is 1.75. The maximum Gasteiger partial charge on any atom is 0.122 e. The first-order valence-electron chi connectivity index (χ1n) is 6.77. The van der Waals surface area contributed by atoms with Crippen LogP contribution in [-0.4, -0.2) is 26.4 Å². The van der Waals surface area contributed by atoms with Crippen molar-refractivity contribution in [2.24, 2.45) is 5.73 Å². The summed E-state index contributed by atoms with van der Waals surface area (Å²) < 4.78 is 11.0. The van der Waals surface area contributed by atoms with Gasteiger partial charge in [-0.15, -0.1) is 0 Å². The second-order valence-electron chi connectivity index (χ2n) is 5.40. The molecule has 1 heterocycles. The highest BCUT2D eigenvalue weighted by atomic mass is 16.5. The van der Waals surface area contributed by atoms with Crippen LogP contribution < -0.4 is 10.5 Å². The molecule has 1 aromatic carbocycles. The molecule has 0 amide bonds. The first-order valence-corrected chi connectivity index (χ1v) is 6.77. The third kappa shape index (κ3) is 1.65. The Labute approximate surface area is 108 Å². The van der Waals surface area contributed by atoms with Crippen molar-refractivity contribution in [3.8, 4) is 5.75 Å². The van der Waals surface area contributed by atoms with E-state index >= 15 is 0 Å². The molecule has 3 nitrogen and oxygen atoms in total. The zero-order valence-electron chi connectivity index (χ0n) is 10.9. The van der Waals surface area contributed by atoms with E-state index < -0.39 is 0 Å². The van der Waals surface area contributed by atoms with E-state index in [2.05, 4.69) is 18.2 Å². The van der Waals surface area contributed by atoms with Gasteiger partial charge in [0.15, 0.2) is 0 Å². The number of nitrogens with two attached hydrogens (primary N) is 1. The van der Waals surface area contributed by atoms with E-state index in [9.17, 15) is 0 Å². The Hall–Kier alpha value is -1.06. The summed E-state index contributed by atoms with van der Waals surface area (Å²) in [4.78, 5) is 0. The molecule has 0 bridgehead atoms. The van der Waals surface area contributed by atoms with E-state index in [0.29, 0.717) is 0 Å². The molecule has 2 N–H and O–H groups in total. The summed E-state index contributed by atoms with van der Waals surface area (Å²) in [5.41, 5.74) is 9.34. The lowest BCUT2D eigenvalue weighted by Crippen LogP contribution is -2.51. The number of fused-ring (bicyclic) bond motifs is 2. The molecule has 1 aromatic rings. The molecule has 0 saturated carbocycles. The molecule has 0 radical (unpaired) electrons. The van der Waals surface area contributed by atoms with E-state index in [1.807, 2.05) is 0 Å². The quantitative estimate of drug-likeness (QED) is 0.825. The average Bonchev–Trinajstić information content (AvgIpc) is 2.44. The molecular weight excluding hydrogens is 226 g/mol. The molecule has 1 unspecified atom stereocenters. The van der Waals surface area contributed by atoms with Gasteiger partial charge >= 0.3 is 0 Å². The molecule has 1 aliphatic carbocycles. The maximum absolute atomic E-state index is 6.45. The van der Waals surface area contributed by atoms with E-state index in [-0.39, 0.29) is 11.5 Å². The Balaban J connectivity index is 2.11. The molecule has 0 aromatic heterocycles. The summed E-state index contributed by atoms with van der Waals surface area (Å²) in [5.74, 6) is 1.02. The number of hydrogen-bond acceptors (Lipinski definition) is 3. The fourth-order valence-electron chi connectivity index (χ4n) is 3.63. The van der Waals surface area contributed by atoms with Crippen LogP contribution in [0.3, 0.4) is 0 Å². The van der Waals surface area contributed by atoms with Gasteiger partial charge in [0.2, 0.25) is 0 Å². The lowest BCUT2D eigenvalue weighted by molar-refractivity contribution is 0.0358. The molecule has 1 aliphatic heterocycles. The van der Waals surface area contributed by atoms with Gasteiger partial charge in [-0.05, 0) is 42.9 Å². The lowest BCUT2D eigenvalue weighted by Gasteiger charge is -2.46. The minimum atomic E-state index is 0.111. The van der Waals surface area contributed by atoms with Crippen molar-refractivity contribution >= 4 is 0 Å². The van der Waals surface area contributed by atoms with Gasteiger partial charge in [-0.3, -0.25) is 0 Å². The monoisotopic (exact) mass is 247 g/mol. The van der Waals surface area contributed by atoms with Gasteiger partial charge in [-0.2, -0.15) is 0 Å². The zero-order chi connectivity index (χ0) is 12.6. The fourth-order valence-corrected chi connectivity index (χ4v) is 3.63. The normalized spacial score (nSPS) is 25.8. The summed E-state index contributed by atoms with van der Waals surface area (Å²) in [6, 6.07) is 6.64. The molecular formula is C15H21NO2. The highest BCUT2D eigenvalue weighted by molar-refractivity contribution is 5.47. The van der Waals surface area contributed by atoms with E-state index in [0.717, 1.165) is 44.6 Å². The second kappa shape index (κ2) is 4.56. The van der Waals surface area contributed by atoms with Crippen LogP contribution in [0.25, 0.3) is 0 Å². The first kappa shape index (κ1) is 12.0. The molecule has 3 rings (SSSR count). The highest BCUT2D eigenvalue weighted by Gasteiger charge is 2.44. The van der Waals surface area contributed by atoms with Gasteiger partial charge in [0.25, 0.3) is 0 Å². The van der Waals surface area contributed by atoms with Gasteiger partial charge in [0.1, 0.15) is 5.75 Å². The van der Waals surface area contributed by atoms with Crippen LogP contribution >= 0.6 is 0 Å². The van der Waals surface area contributed by atoms with E-state index in [4.69, 9.17) is 15.2 Å². The van der Waals surface area contributed by atoms with Crippen molar-refractivity contribution in [1.29, 1.82) is 0 Å². The largest absolute Gasteiger partial charge is 0.496 e. The predicted molar refractivity (Wildman–Crippen MR) is 71.0 cm³/mol. The molecule has 3 heteroatoms. The fraction of sp³-hybridized carbons (Fsp3) is 0.600. The van der Waals surface area contributed by atoms with Crippen LogP contribution in [0.2, 0.25) is 0 Å². The summed E-state index contributed by atoms with van der Waals surface area (Å²) in [5, 5.41) is 0. The van der Waals surface area contributed by atoms with Gasteiger partial charge < -0.3 is 15.2 Å². The molecule has 98 valence electrons. The van der Waals surface area contributed by atoms with Crippen molar-refractivity contribution in [2.75, 3.05) is 20.3 Å². The predicted octanol–water partition coefficient (Wildman–Crippen LogP) is 2.02. The van der Waals surface area contributed by atoms with Crippen LogP contribution in [0.1, 0.15) is 30.4 Å². The molecule has 1 fully saturated rings. The van der Waals surface area contributed by atoms with Crippen LogP contribution in [0.15, 0.2) is 18.2 Å². The first-order chi connectivity index (χ1) is 8.78. The van der Waals surface area contributed by atoms with E-state index in [1.165, 1.54) is 11.1 Å². The van der Waals surface area contributed by atoms with Crippen molar-refractivity contribution < 1.29 is 9.47 Å². The molecule has 1 spiro atoms. The summed E-state index contributed by atoms with van der Waals surface area (Å²) >= 11 is 0. The minimum absolute atomic E-state index is 0.111. The van der Waals surface area contributed by atoms with Crippen molar-refractivity contribution in [2.45, 2.75) is 37.1 Å². The lowest BCUT2D eigenvalue weighted by atomic mass is 9.63. The van der Waals surface area contributed by atoms with Gasteiger partial charge in [0, 0.05) is 24.7 Å². The van der Waals surface area contributed by atoms with Crippen molar-refractivity contribution in [1.82, 2.24) is 0 Å². The number of methoxy groups -OCH3 is 1. The van der Waals surface area contributed by atoms with Crippen molar-refractivity contribution in [3.63, 3.8) is 0 Å². The molecule has 1 atom stereocenters.